The topological polar surface area (TPSA) is 87.1 Å². The first kappa shape index (κ1) is 7.21. The van der Waals surface area contributed by atoms with Crippen LogP contribution >= 0.6 is 0 Å². The Morgan fingerprint density at radius 3 is 3.00 bits per heavy atom. The number of hydrogen-bond donors (Lipinski definition) is 1. The molecule has 0 aromatic carbocycles. The van der Waals surface area contributed by atoms with E-state index in [-0.39, 0.29) is 11.4 Å². The van der Waals surface area contributed by atoms with Gasteiger partial charge < -0.3 is 5.21 Å². The Morgan fingerprint density at radius 2 is 2.64 bits per heavy atom. The van der Waals surface area contributed by atoms with Gasteiger partial charge in [-0.1, -0.05) is 5.16 Å². The highest BCUT2D eigenvalue weighted by Crippen LogP contribution is 1.92. The summed E-state index contributed by atoms with van der Waals surface area (Å²) in [6.07, 6.45) is 1.35. The summed E-state index contributed by atoms with van der Waals surface area (Å²) in [5.74, 6) is 0. The van der Waals surface area contributed by atoms with Crippen molar-refractivity contribution in [2.75, 3.05) is 0 Å². The van der Waals surface area contributed by atoms with Crippen LogP contribution in [0, 0.1) is 11.3 Å². The molecule has 1 rings (SSSR count). The highest BCUT2D eigenvalue weighted by Gasteiger charge is 2.05. The van der Waals surface area contributed by atoms with Gasteiger partial charge in [0.25, 0.3) is 0 Å². The lowest BCUT2D eigenvalue weighted by Gasteiger charge is -1.83. The molecule has 6 nitrogen and oxygen atoms in total. The Kier molecular flexibility index (Phi) is 1.83. The van der Waals surface area contributed by atoms with Crippen LogP contribution in [-0.2, 0) is 7.05 Å². The predicted octanol–water partition coefficient (Wildman–Crippen LogP) is -0.483. The summed E-state index contributed by atoms with van der Waals surface area (Å²) >= 11 is 0. The molecule has 0 fully saturated rings. The Hall–Kier alpha value is -1.90. The highest BCUT2D eigenvalue weighted by molar-refractivity contribution is 6.09. The molecule has 0 amide bonds. The van der Waals surface area contributed by atoms with Crippen molar-refractivity contribution in [3.05, 3.63) is 11.9 Å². The fraction of sp³-hybridized carbons (Fsp3) is 0.200. The maximum absolute atomic E-state index is 8.37. The summed E-state index contributed by atoms with van der Waals surface area (Å²) in [6.45, 7) is 0. The summed E-state index contributed by atoms with van der Waals surface area (Å²) in [6, 6.07) is 1.67. The first-order valence-corrected chi connectivity index (χ1v) is 2.76. The van der Waals surface area contributed by atoms with Crippen LogP contribution in [0.5, 0.6) is 0 Å². The number of oxime groups is 1. The van der Waals surface area contributed by atoms with Gasteiger partial charge in [0.15, 0.2) is 0 Å². The van der Waals surface area contributed by atoms with E-state index in [0.29, 0.717) is 0 Å². The van der Waals surface area contributed by atoms with Gasteiger partial charge in [-0.2, -0.15) is 20.3 Å². The Labute approximate surface area is 62.4 Å². The van der Waals surface area contributed by atoms with Crippen LogP contribution in [0.25, 0.3) is 0 Å². The van der Waals surface area contributed by atoms with Crippen LogP contribution in [0.2, 0.25) is 0 Å². The zero-order chi connectivity index (χ0) is 8.27. The molecule has 0 aliphatic carbocycles. The number of nitriles is 1. The van der Waals surface area contributed by atoms with Crippen molar-refractivity contribution in [2.45, 2.75) is 0 Å². The zero-order valence-electron chi connectivity index (χ0n) is 5.76. The molecule has 56 valence electrons. The predicted molar refractivity (Wildman–Crippen MR) is 34.9 cm³/mol. The monoisotopic (exact) mass is 151 g/mol. The van der Waals surface area contributed by atoms with Crippen molar-refractivity contribution >= 4 is 5.71 Å². The average Bonchev–Trinajstić information content (AvgIpc) is 2.39. The Morgan fingerprint density at radius 1 is 1.91 bits per heavy atom. The van der Waals surface area contributed by atoms with Gasteiger partial charge in [0.2, 0.25) is 5.71 Å². The summed E-state index contributed by atoms with van der Waals surface area (Å²) in [4.78, 5) is 1.28. The minimum Gasteiger partial charge on any atom is -0.410 e. The normalized spacial score (nSPS) is 11.1. The van der Waals surface area contributed by atoms with Crippen molar-refractivity contribution in [1.82, 2.24) is 15.0 Å². The third-order valence-corrected chi connectivity index (χ3v) is 1.05. The molecule has 0 atom stereocenters. The second-order valence-corrected chi connectivity index (χ2v) is 1.78. The van der Waals surface area contributed by atoms with Crippen LogP contribution in [-0.4, -0.2) is 25.9 Å². The molecule has 0 spiro atoms. The highest BCUT2D eigenvalue weighted by atomic mass is 16.4. The molecule has 1 heterocycles. The van der Waals surface area contributed by atoms with E-state index < -0.39 is 0 Å². The Balaban J connectivity index is 3.03. The van der Waals surface area contributed by atoms with Crippen LogP contribution in [0.15, 0.2) is 11.4 Å². The van der Waals surface area contributed by atoms with Gasteiger partial charge in [0.1, 0.15) is 11.8 Å². The van der Waals surface area contributed by atoms with Gasteiger partial charge >= 0.3 is 0 Å². The summed E-state index contributed by atoms with van der Waals surface area (Å²) in [5, 5.41) is 26.8. The molecule has 0 radical (unpaired) electrons. The molecule has 0 aliphatic rings. The Bertz CT molecular complexity index is 320. The van der Waals surface area contributed by atoms with E-state index in [9.17, 15) is 0 Å². The van der Waals surface area contributed by atoms with Crippen LogP contribution in [0.4, 0.5) is 0 Å². The second kappa shape index (κ2) is 2.79. The minimum absolute atomic E-state index is 0.141. The molecular formula is C5H5N5O. The maximum atomic E-state index is 8.37. The van der Waals surface area contributed by atoms with Gasteiger partial charge in [-0.15, -0.1) is 0 Å². The van der Waals surface area contributed by atoms with E-state index in [1.54, 1.807) is 13.1 Å². The molecular weight excluding hydrogens is 146 g/mol. The molecule has 0 aliphatic heterocycles. The molecule has 0 bridgehead atoms. The lowest BCUT2D eigenvalue weighted by Crippen LogP contribution is -1.99. The summed E-state index contributed by atoms with van der Waals surface area (Å²) < 4.78 is 0. The SMILES string of the molecule is Cn1ncc(/C(C#N)=N\O)n1. The lowest BCUT2D eigenvalue weighted by molar-refractivity contribution is 0.320. The molecule has 1 aromatic heterocycles. The molecule has 1 aromatic rings. The smallest absolute Gasteiger partial charge is 0.208 e. The van der Waals surface area contributed by atoms with E-state index in [1.807, 2.05) is 0 Å². The van der Waals surface area contributed by atoms with E-state index in [4.69, 9.17) is 10.5 Å². The molecule has 0 saturated carbocycles. The third kappa shape index (κ3) is 1.32. The molecule has 0 saturated heterocycles. The number of nitrogens with zero attached hydrogens (tertiary/aromatic N) is 5. The second-order valence-electron chi connectivity index (χ2n) is 1.78. The van der Waals surface area contributed by atoms with Crippen LogP contribution in [0.3, 0.4) is 0 Å². The number of aryl methyl sites for hydroxylation is 1. The fourth-order valence-corrected chi connectivity index (χ4v) is 0.585. The van der Waals surface area contributed by atoms with Crippen LogP contribution in [0.1, 0.15) is 5.69 Å². The first-order valence-electron chi connectivity index (χ1n) is 2.76. The van der Waals surface area contributed by atoms with E-state index in [1.165, 1.54) is 11.0 Å². The largest absolute Gasteiger partial charge is 0.410 e. The van der Waals surface area contributed by atoms with Gasteiger partial charge in [-0.3, -0.25) is 0 Å². The van der Waals surface area contributed by atoms with Crippen molar-refractivity contribution in [2.24, 2.45) is 12.2 Å². The van der Waals surface area contributed by atoms with Gasteiger partial charge in [-0.05, 0) is 0 Å². The van der Waals surface area contributed by atoms with Gasteiger partial charge in [0, 0.05) is 7.05 Å². The molecule has 1 N–H and O–H groups in total. The number of hydrogen-bond acceptors (Lipinski definition) is 5. The fourth-order valence-electron chi connectivity index (χ4n) is 0.585. The lowest BCUT2D eigenvalue weighted by atomic mass is 10.3. The van der Waals surface area contributed by atoms with E-state index >= 15 is 0 Å². The minimum atomic E-state index is -0.141. The zero-order valence-corrected chi connectivity index (χ0v) is 5.76. The first-order chi connectivity index (χ1) is 5.27. The van der Waals surface area contributed by atoms with Gasteiger partial charge in [-0.25, -0.2) is 0 Å². The van der Waals surface area contributed by atoms with Crippen LogP contribution < -0.4 is 0 Å². The summed E-state index contributed by atoms with van der Waals surface area (Å²) in [7, 11) is 1.61. The summed E-state index contributed by atoms with van der Waals surface area (Å²) in [5.41, 5.74) is 0.121. The van der Waals surface area contributed by atoms with Crippen molar-refractivity contribution in [1.29, 1.82) is 5.26 Å². The standard InChI is InChI=1S/C5H5N5O/c1-10-7-3-5(8-10)4(2-6)9-11/h3,11H,1H3/b9-4-. The van der Waals surface area contributed by atoms with Crippen molar-refractivity contribution in [3.8, 4) is 6.07 Å². The molecule has 0 unspecified atom stereocenters. The van der Waals surface area contributed by atoms with E-state index in [0.717, 1.165) is 0 Å². The number of rotatable bonds is 1. The number of aromatic nitrogens is 3. The van der Waals surface area contributed by atoms with E-state index in [2.05, 4.69) is 15.4 Å². The van der Waals surface area contributed by atoms with Gasteiger partial charge in [0.05, 0.1) is 6.20 Å². The maximum Gasteiger partial charge on any atom is 0.208 e. The quantitative estimate of drug-likeness (QED) is 0.333. The van der Waals surface area contributed by atoms with Crippen molar-refractivity contribution in [3.63, 3.8) is 0 Å². The van der Waals surface area contributed by atoms with Crippen molar-refractivity contribution < 1.29 is 5.21 Å². The average molecular weight is 151 g/mol. The third-order valence-electron chi connectivity index (χ3n) is 1.05. The molecule has 11 heavy (non-hydrogen) atoms. The molecule has 6 heteroatoms.